The van der Waals surface area contributed by atoms with Gasteiger partial charge in [0.25, 0.3) is 0 Å². The number of hydrogen-bond donors (Lipinski definition) is 1. The molecular weight excluding hydrogens is 220 g/mol. The van der Waals surface area contributed by atoms with E-state index in [1.165, 1.54) is 0 Å². The van der Waals surface area contributed by atoms with Crippen molar-refractivity contribution < 1.29 is 14.3 Å². The first-order valence-corrected chi connectivity index (χ1v) is 6.06. The molecule has 1 aliphatic heterocycles. The third kappa shape index (κ3) is 5.02. The largest absolute Gasteiger partial charge is 0.382 e. The van der Waals surface area contributed by atoms with Crippen LogP contribution >= 0.6 is 0 Å². The minimum absolute atomic E-state index is 0.0811. The maximum absolute atomic E-state index is 11.2. The summed E-state index contributed by atoms with van der Waals surface area (Å²) in [5, 5.41) is 2.64. The van der Waals surface area contributed by atoms with Gasteiger partial charge in [-0.2, -0.15) is 0 Å². The fourth-order valence-electron chi connectivity index (χ4n) is 2.24. The number of nitrogens with zero attached hydrogens (tertiary/aromatic N) is 1. The summed E-state index contributed by atoms with van der Waals surface area (Å²) in [4.78, 5) is 13.5. The Morgan fingerprint density at radius 1 is 1.59 bits per heavy atom. The average Bonchev–Trinajstić information content (AvgIpc) is 2.24. The lowest BCUT2D eigenvalue weighted by Gasteiger charge is -2.42. The minimum Gasteiger partial charge on any atom is -0.382 e. The van der Waals surface area contributed by atoms with Crippen LogP contribution in [0.1, 0.15) is 20.3 Å². The Labute approximate surface area is 103 Å². The fourth-order valence-corrected chi connectivity index (χ4v) is 2.24. The topological polar surface area (TPSA) is 50.8 Å². The smallest absolute Gasteiger partial charge is 0.221 e. The highest BCUT2D eigenvalue weighted by Crippen LogP contribution is 2.21. The third-order valence-electron chi connectivity index (χ3n) is 2.84. The predicted octanol–water partition coefficient (Wildman–Crippen LogP) is 0.248. The van der Waals surface area contributed by atoms with E-state index in [9.17, 15) is 4.79 Å². The highest BCUT2D eigenvalue weighted by Gasteiger charge is 2.33. The monoisotopic (exact) mass is 244 g/mol. The van der Waals surface area contributed by atoms with Crippen molar-refractivity contribution in [3.05, 3.63) is 0 Å². The van der Waals surface area contributed by atoms with Gasteiger partial charge in [-0.1, -0.05) is 0 Å². The Hall–Kier alpha value is -0.650. The maximum Gasteiger partial charge on any atom is 0.221 e. The van der Waals surface area contributed by atoms with Gasteiger partial charge in [-0.15, -0.1) is 0 Å². The summed E-state index contributed by atoms with van der Waals surface area (Å²) in [7, 11) is 3.35. The molecule has 5 heteroatoms. The molecule has 1 atom stereocenters. The number of amides is 1. The molecule has 17 heavy (non-hydrogen) atoms. The Morgan fingerprint density at radius 2 is 2.29 bits per heavy atom. The summed E-state index contributed by atoms with van der Waals surface area (Å²) >= 11 is 0. The van der Waals surface area contributed by atoms with Crippen LogP contribution < -0.4 is 5.32 Å². The van der Waals surface area contributed by atoms with Gasteiger partial charge in [0.15, 0.2) is 0 Å². The van der Waals surface area contributed by atoms with E-state index in [4.69, 9.17) is 9.47 Å². The molecule has 0 bridgehead atoms. The molecule has 5 nitrogen and oxygen atoms in total. The summed E-state index contributed by atoms with van der Waals surface area (Å²) in [5.41, 5.74) is -0.176. The summed E-state index contributed by atoms with van der Waals surface area (Å²) < 4.78 is 11.0. The summed E-state index contributed by atoms with van der Waals surface area (Å²) in [5.74, 6) is 0.0811. The van der Waals surface area contributed by atoms with E-state index in [0.29, 0.717) is 13.0 Å². The van der Waals surface area contributed by atoms with Gasteiger partial charge in [-0.25, -0.2) is 0 Å². The third-order valence-corrected chi connectivity index (χ3v) is 2.84. The molecule has 1 N–H and O–H groups in total. The molecule has 0 radical (unpaired) electrons. The number of hydrogen-bond acceptors (Lipinski definition) is 4. The van der Waals surface area contributed by atoms with Gasteiger partial charge in [-0.05, 0) is 13.8 Å². The van der Waals surface area contributed by atoms with Crippen molar-refractivity contribution in [1.82, 2.24) is 10.2 Å². The van der Waals surface area contributed by atoms with Crippen LogP contribution in [-0.4, -0.2) is 62.9 Å². The SMILES string of the molecule is CNC(=O)CCN1CC(COC)OC(C)(C)C1. The zero-order chi connectivity index (χ0) is 12.9. The Kier molecular flexibility index (Phi) is 5.36. The number of carbonyl (C=O) groups is 1. The first-order valence-electron chi connectivity index (χ1n) is 6.06. The van der Waals surface area contributed by atoms with Gasteiger partial charge in [0.05, 0.1) is 18.3 Å². The van der Waals surface area contributed by atoms with Crippen molar-refractivity contribution in [2.75, 3.05) is 40.4 Å². The summed E-state index contributed by atoms with van der Waals surface area (Å²) in [6, 6.07) is 0. The van der Waals surface area contributed by atoms with E-state index in [1.54, 1.807) is 14.2 Å². The molecular formula is C12H24N2O3. The number of rotatable bonds is 5. The van der Waals surface area contributed by atoms with Gasteiger partial charge >= 0.3 is 0 Å². The zero-order valence-corrected chi connectivity index (χ0v) is 11.3. The van der Waals surface area contributed by atoms with Gasteiger partial charge in [-0.3, -0.25) is 9.69 Å². The molecule has 0 aromatic rings. The molecule has 1 fully saturated rings. The first kappa shape index (κ1) is 14.4. The first-order chi connectivity index (χ1) is 7.96. The standard InChI is InChI=1S/C12H24N2O3/c1-12(2)9-14(6-5-11(15)13-3)7-10(17-12)8-16-4/h10H,5-9H2,1-4H3,(H,13,15). The molecule has 1 amide bonds. The molecule has 1 aliphatic rings. The molecule has 0 aromatic carbocycles. The molecule has 0 aliphatic carbocycles. The molecule has 100 valence electrons. The van der Waals surface area contributed by atoms with Crippen LogP contribution in [0.15, 0.2) is 0 Å². The van der Waals surface area contributed by atoms with Crippen LogP contribution in [0.3, 0.4) is 0 Å². The lowest BCUT2D eigenvalue weighted by molar-refractivity contribution is -0.153. The minimum atomic E-state index is -0.176. The van der Waals surface area contributed by atoms with Gasteiger partial charge in [0.2, 0.25) is 5.91 Å². The Morgan fingerprint density at radius 3 is 2.88 bits per heavy atom. The van der Waals surface area contributed by atoms with Gasteiger partial charge in [0, 0.05) is 40.2 Å². The van der Waals surface area contributed by atoms with Crippen molar-refractivity contribution in [3.8, 4) is 0 Å². The van der Waals surface area contributed by atoms with E-state index in [0.717, 1.165) is 19.6 Å². The molecule has 1 rings (SSSR count). The average molecular weight is 244 g/mol. The molecule has 1 unspecified atom stereocenters. The van der Waals surface area contributed by atoms with Crippen LogP contribution in [0, 0.1) is 0 Å². The number of ether oxygens (including phenoxy) is 2. The van der Waals surface area contributed by atoms with E-state index in [1.807, 2.05) is 0 Å². The summed E-state index contributed by atoms with van der Waals surface area (Å²) in [6.07, 6.45) is 0.625. The van der Waals surface area contributed by atoms with E-state index in [-0.39, 0.29) is 17.6 Å². The predicted molar refractivity (Wildman–Crippen MR) is 66.0 cm³/mol. The van der Waals surface area contributed by atoms with Crippen LogP contribution in [-0.2, 0) is 14.3 Å². The lowest BCUT2D eigenvalue weighted by Crippen LogP contribution is -2.54. The van der Waals surface area contributed by atoms with Crippen LogP contribution in [0.2, 0.25) is 0 Å². The Balaban J connectivity index is 2.45. The second-order valence-corrected chi connectivity index (χ2v) is 5.11. The fraction of sp³-hybridized carbons (Fsp3) is 0.917. The van der Waals surface area contributed by atoms with E-state index in [2.05, 4.69) is 24.1 Å². The maximum atomic E-state index is 11.2. The molecule has 1 saturated heterocycles. The van der Waals surface area contributed by atoms with Crippen molar-refractivity contribution >= 4 is 5.91 Å². The number of carbonyl (C=O) groups excluding carboxylic acids is 1. The highest BCUT2D eigenvalue weighted by atomic mass is 16.5. The van der Waals surface area contributed by atoms with Crippen molar-refractivity contribution in [2.24, 2.45) is 0 Å². The molecule has 1 heterocycles. The van der Waals surface area contributed by atoms with Crippen LogP contribution in [0.25, 0.3) is 0 Å². The molecule has 0 aromatic heterocycles. The van der Waals surface area contributed by atoms with Crippen LogP contribution in [0.4, 0.5) is 0 Å². The zero-order valence-electron chi connectivity index (χ0n) is 11.3. The van der Waals surface area contributed by atoms with Crippen molar-refractivity contribution in [3.63, 3.8) is 0 Å². The van der Waals surface area contributed by atoms with E-state index >= 15 is 0 Å². The molecule has 0 spiro atoms. The second kappa shape index (κ2) is 6.33. The number of nitrogens with one attached hydrogen (secondary N) is 1. The van der Waals surface area contributed by atoms with Crippen molar-refractivity contribution in [2.45, 2.75) is 32.0 Å². The quantitative estimate of drug-likeness (QED) is 0.753. The highest BCUT2D eigenvalue weighted by molar-refractivity contribution is 5.75. The van der Waals surface area contributed by atoms with Gasteiger partial charge in [0.1, 0.15) is 0 Å². The van der Waals surface area contributed by atoms with Gasteiger partial charge < -0.3 is 14.8 Å². The number of morpholine rings is 1. The van der Waals surface area contributed by atoms with E-state index < -0.39 is 0 Å². The van der Waals surface area contributed by atoms with Crippen LogP contribution in [0.5, 0.6) is 0 Å². The summed E-state index contributed by atoms with van der Waals surface area (Å²) in [6.45, 7) is 7.19. The van der Waals surface area contributed by atoms with Crippen molar-refractivity contribution in [1.29, 1.82) is 0 Å². The second-order valence-electron chi connectivity index (χ2n) is 5.11. The molecule has 0 saturated carbocycles. The number of methoxy groups -OCH3 is 1. The normalized spacial score (nSPS) is 24.6. The lowest BCUT2D eigenvalue weighted by atomic mass is 10.1. The Bertz CT molecular complexity index is 256.